The van der Waals surface area contributed by atoms with Gasteiger partial charge in [0.15, 0.2) is 0 Å². The van der Waals surface area contributed by atoms with Gasteiger partial charge in [-0.2, -0.15) is 0 Å². The summed E-state index contributed by atoms with van der Waals surface area (Å²) in [5, 5.41) is 3.06. The summed E-state index contributed by atoms with van der Waals surface area (Å²) in [5.41, 5.74) is 2.62. The van der Waals surface area contributed by atoms with Crippen molar-refractivity contribution in [3.63, 3.8) is 0 Å². The Balaban J connectivity index is 2.29. The molecule has 5 nitrogen and oxygen atoms in total. The number of benzene rings is 2. The van der Waals surface area contributed by atoms with Crippen LogP contribution in [-0.2, 0) is 21.2 Å². The van der Waals surface area contributed by atoms with Gasteiger partial charge in [-0.1, -0.05) is 63.2 Å². The molecule has 6 heteroatoms. The third kappa shape index (κ3) is 6.32. The van der Waals surface area contributed by atoms with E-state index in [0.717, 1.165) is 30.2 Å². The minimum absolute atomic E-state index is 0.171. The smallest absolute Gasteiger partial charge is 0.244 e. The predicted octanol–water partition coefficient (Wildman–Crippen LogP) is 4.31. The van der Waals surface area contributed by atoms with E-state index in [0.29, 0.717) is 11.6 Å². The summed E-state index contributed by atoms with van der Waals surface area (Å²) in [6, 6.07) is 16.0. The van der Waals surface area contributed by atoms with E-state index in [4.69, 9.17) is 0 Å². The molecule has 0 fully saturated rings. The third-order valence-electron chi connectivity index (χ3n) is 4.91. The molecule has 0 saturated heterocycles. The van der Waals surface area contributed by atoms with Crippen LogP contribution in [0.5, 0.6) is 0 Å². The van der Waals surface area contributed by atoms with Crippen molar-refractivity contribution in [1.29, 1.82) is 0 Å². The molecule has 0 aliphatic heterocycles. The van der Waals surface area contributed by atoms with Crippen LogP contribution in [0.25, 0.3) is 0 Å². The van der Waals surface area contributed by atoms with Gasteiger partial charge in [0.2, 0.25) is 15.9 Å². The lowest BCUT2D eigenvalue weighted by atomic mass is 9.96. The average Bonchev–Trinajstić information content (AvgIpc) is 2.67. The number of hydrogen-bond donors (Lipinski definition) is 1. The van der Waals surface area contributed by atoms with Crippen LogP contribution in [0.15, 0.2) is 54.6 Å². The van der Waals surface area contributed by atoms with Gasteiger partial charge in [-0.05, 0) is 48.9 Å². The molecule has 1 N–H and O–H groups in total. The van der Waals surface area contributed by atoms with Gasteiger partial charge in [-0.25, -0.2) is 8.42 Å². The normalized spacial score (nSPS) is 13.7. The number of carbonyl (C=O) groups is 1. The largest absolute Gasteiger partial charge is 0.347 e. The van der Waals surface area contributed by atoms with Crippen LogP contribution in [0, 0.1) is 5.92 Å². The Morgan fingerprint density at radius 1 is 1.00 bits per heavy atom. The molecule has 0 radical (unpaired) electrons. The van der Waals surface area contributed by atoms with Crippen LogP contribution in [-0.4, -0.2) is 26.6 Å². The number of carbonyl (C=O) groups excluding carboxylic acids is 1. The lowest BCUT2D eigenvalue weighted by molar-refractivity contribution is -0.122. The number of hydrogen-bond acceptors (Lipinski definition) is 3. The molecule has 29 heavy (non-hydrogen) atoms. The summed E-state index contributed by atoms with van der Waals surface area (Å²) in [4.78, 5) is 13.1. The number of nitrogens with one attached hydrogen (secondary N) is 1. The van der Waals surface area contributed by atoms with Crippen molar-refractivity contribution < 1.29 is 13.2 Å². The average molecular weight is 417 g/mol. The maximum atomic E-state index is 13.1. The van der Waals surface area contributed by atoms with Crippen molar-refractivity contribution in [2.75, 3.05) is 10.6 Å². The zero-order valence-electron chi connectivity index (χ0n) is 17.9. The van der Waals surface area contributed by atoms with Gasteiger partial charge in [-0.15, -0.1) is 0 Å². The van der Waals surface area contributed by atoms with Crippen LogP contribution in [0.2, 0.25) is 0 Å². The van der Waals surface area contributed by atoms with Crippen molar-refractivity contribution >= 4 is 21.6 Å². The molecule has 0 saturated carbocycles. The first-order valence-electron chi connectivity index (χ1n) is 10.1. The number of aryl methyl sites for hydroxylation is 1. The van der Waals surface area contributed by atoms with Crippen molar-refractivity contribution in [3.05, 3.63) is 65.7 Å². The zero-order valence-corrected chi connectivity index (χ0v) is 18.7. The van der Waals surface area contributed by atoms with Gasteiger partial charge < -0.3 is 5.32 Å². The number of sulfonamides is 1. The Bertz CT molecular complexity index is 893. The summed E-state index contributed by atoms with van der Waals surface area (Å²) in [6.45, 7) is 7.87. The molecule has 2 rings (SSSR count). The molecule has 0 bridgehead atoms. The first-order chi connectivity index (χ1) is 13.6. The number of nitrogens with zero attached hydrogens (tertiary/aromatic N) is 1. The highest BCUT2D eigenvalue weighted by Gasteiger charge is 2.30. The van der Waals surface area contributed by atoms with E-state index in [1.165, 1.54) is 4.31 Å². The Hall–Kier alpha value is -2.34. The lowest BCUT2D eigenvalue weighted by Gasteiger charge is -2.30. The predicted molar refractivity (Wildman–Crippen MR) is 119 cm³/mol. The van der Waals surface area contributed by atoms with Crippen LogP contribution in [0.3, 0.4) is 0 Å². The maximum absolute atomic E-state index is 13.1. The van der Waals surface area contributed by atoms with Gasteiger partial charge in [0.1, 0.15) is 6.04 Å². The number of anilines is 1. The standard InChI is InChI=1S/C23H32N2O3S/c1-6-19-12-14-21(15-13-19)25(29(5,27)28)18(4)23(26)24-22(16-17(2)3)20-10-8-7-9-11-20/h7-15,17-18,22H,6,16H2,1-5H3,(H,24,26)/t18-,22+/m0/s1. The number of amides is 1. The molecule has 1 amide bonds. The van der Waals surface area contributed by atoms with E-state index in [-0.39, 0.29) is 11.9 Å². The maximum Gasteiger partial charge on any atom is 0.244 e. The van der Waals surface area contributed by atoms with E-state index in [1.54, 1.807) is 19.1 Å². The topological polar surface area (TPSA) is 66.5 Å². The molecule has 0 aliphatic carbocycles. The van der Waals surface area contributed by atoms with E-state index >= 15 is 0 Å². The fourth-order valence-corrected chi connectivity index (χ4v) is 4.59. The Morgan fingerprint density at radius 2 is 1.59 bits per heavy atom. The Morgan fingerprint density at radius 3 is 2.07 bits per heavy atom. The molecule has 2 aromatic carbocycles. The third-order valence-corrected chi connectivity index (χ3v) is 6.15. The first-order valence-corrected chi connectivity index (χ1v) is 11.9. The van der Waals surface area contributed by atoms with E-state index < -0.39 is 16.1 Å². The minimum atomic E-state index is -3.63. The molecule has 0 spiro atoms. The van der Waals surface area contributed by atoms with Crippen molar-refractivity contribution in [1.82, 2.24) is 5.32 Å². The molecule has 0 aliphatic rings. The summed E-state index contributed by atoms with van der Waals surface area (Å²) >= 11 is 0. The minimum Gasteiger partial charge on any atom is -0.347 e. The fraction of sp³-hybridized carbons (Fsp3) is 0.435. The van der Waals surface area contributed by atoms with E-state index in [2.05, 4.69) is 19.2 Å². The SMILES string of the molecule is CCc1ccc(N([C@@H](C)C(=O)N[C@H](CC(C)C)c2ccccc2)S(C)(=O)=O)cc1. The Labute approximate surface area is 175 Å². The van der Waals surface area contributed by atoms with Gasteiger partial charge in [-0.3, -0.25) is 9.10 Å². The van der Waals surface area contributed by atoms with E-state index in [9.17, 15) is 13.2 Å². The molecular formula is C23H32N2O3S. The molecule has 0 heterocycles. The molecule has 2 atom stereocenters. The zero-order chi connectivity index (χ0) is 21.6. The summed E-state index contributed by atoms with van der Waals surface area (Å²) < 4.78 is 26.2. The summed E-state index contributed by atoms with van der Waals surface area (Å²) in [5.74, 6) is 0.0629. The fourth-order valence-electron chi connectivity index (χ4n) is 3.41. The summed E-state index contributed by atoms with van der Waals surface area (Å²) in [7, 11) is -3.63. The highest BCUT2D eigenvalue weighted by molar-refractivity contribution is 7.92. The Kier molecular flexibility index (Phi) is 7.85. The van der Waals surface area contributed by atoms with Gasteiger partial charge in [0.25, 0.3) is 0 Å². The molecule has 0 unspecified atom stereocenters. The molecule has 158 valence electrons. The van der Waals surface area contributed by atoms with Gasteiger partial charge >= 0.3 is 0 Å². The lowest BCUT2D eigenvalue weighted by Crippen LogP contribution is -2.48. The van der Waals surface area contributed by atoms with Crippen LogP contribution in [0.1, 0.15) is 51.3 Å². The van der Waals surface area contributed by atoms with Crippen LogP contribution in [0.4, 0.5) is 5.69 Å². The summed E-state index contributed by atoms with van der Waals surface area (Å²) in [6.07, 6.45) is 2.77. The van der Waals surface area contributed by atoms with Crippen molar-refractivity contribution in [2.45, 2.75) is 52.6 Å². The quantitative estimate of drug-likeness (QED) is 0.662. The second-order valence-corrected chi connectivity index (χ2v) is 9.72. The number of rotatable bonds is 9. The second kappa shape index (κ2) is 9.92. The van der Waals surface area contributed by atoms with Crippen LogP contribution < -0.4 is 9.62 Å². The molecular weight excluding hydrogens is 384 g/mol. The molecule has 0 aromatic heterocycles. The molecule has 2 aromatic rings. The first kappa shape index (κ1) is 22.9. The van der Waals surface area contributed by atoms with Gasteiger partial charge in [0, 0.05) is 0 Å². The highest BCUT2D eigenvalue weighted by Crippen LogP contribution is 2.24. The van der Waals surface area contributed by atoms with Gasteiger partial charge in [0.05, 0.1) is 18.0 Å². The monoisotopic (exact) mass is 416 g/mol. The highest BCUT2D eigenvalue weighted by atomic mass is 32.2. The van der Waals surface area contributed by atoms with Crippen molar-refractivity contribution in [2.24, 2.45) is 5.92 Å². The van der Waals surface area contributed by atoms with Crippen molar-refractivity contribution in [3.8, 4) is 0 Å². The second-order valence-electron chi connectivity index (χ2n) is 7.86. The van der Waals surface area contributed by atoms with Crippen LogP contribution >= 0.6 is 0 Å². The van der Waals surface area contributed by atoms with E-state index in [1.807, 2.05) is 49.4 Å².